The number of rotatable bonds is 8. The molecular weight excluding hydrogens is 394 g/mol. The topological polar surface area (TPSA) is 45.2 Å². The minimum absolute atomic E-state index is 0.125. The summed E-state index contributed by atoms with van der Waals surface area (Å²) in [5.41, 5.74) is 7.72. The Balaban J connectivity index is 1.57. The molecule has 0 aliphatic heterocycles. The van der Waals surface area contributed by atoms with E-state index in [2.05, 4.69) is 63.9 Å². The van der Waals surface area contributed by atoms with E-state index in [4.69, 9.17) is 4.74 Å². The number of nitrogens with one attached hydrogen (secondary N) is 1. The molecule has 1 aliphatic rings. The van der Waals surface area contributed by atoms with Gasteiger partial charge in [-0.1, -0.05) is 57.5 Å². The molecule has 0 spiro atoms. The van der Waals surface area contributed by atoms with E-state index in [1.54, 1.807) is 6.07 Å². The first-order chi connectivity index (χ1) is 15.2. The lowest BCUT2D eigenvalue weighted by molar-refractivity contribution is 0.305. The monoisotopic (exact) mass is 429 g/mol. The Morgan fingerprint density at radius 3 is 2.28 bits per heavy atom. The molecule has 0 fully saturated rings. The highest BCUT2D eigenvalue weighted by atomic mass is 16.5. The number of benzene rings is 2. The van der Waals surface area contributed by atoms with Gasteiger partial charge in [0.1, 0.15) is 12.4 Å². The van der Waals surface area contributed by atoms with Gasteiger partial charge in [-0.3, -0.25) is 0 Å². The van der Waals surface area contributed by atoms with Gasteiger partial charge in [0.15, 0.2) is 5.88 Å². The quantitative estimate of drug-likeness (QED) is 0.361. The van der Waals surface area contributed by atoms with Crippen LogP contribution in [-0.2, 0) is 17.4 Å². The second kappa shape index (κ2) is 8.54. The molecule has 3 heteroatoms. The van der Waals surface area contributed by atoms with Gasteiger partial charge < -0.3 is 14.8 Å². The zero-order valence-corrected chi connectivity index (χ0v) is 20.0. The van der Waals surface area contributed by atoms with Gasteiger partial charge in [-0.05, 0) is 84.2 Å². The molecule has 0 amide bonds. The molecule has 1 aliphatic carbocycles. The first-order valence-corrected chi connectivity index (χ1v) is 11.7. The number of hydrogen-bond donors (Lipinski definition) is 2. The largest absolute Gasteiger partial charge is 0.495 e. The molecule has 0 saturated carbocycles. The molecule has 3 nitrogen and oxygen atoms in total. The Hall–Kier alpha value is -2.94. The van der Waals surface area contributed by atoms with Crippen LogP contribution in [0.25, 0.3) is 11.3 Å². The third-order valence-electron chi connectivity index (χ3n) is 7.36. The molecule has 3 aromatic rings. The summed E-state index contributed by atoms with van der Waals surface area (Å²) in [7, 11) is 0. The summed E-state index contributed by atoms with van der Waals surface area (Å²) in [5.74, 6) is 1.02. The average Bonchev–Trinajstić information content (AvgIpc) is 3.22. The predicted octanol–water partition coefficient (Wildman–Crippen LogP) is 7.65. The molecule has 1 aromatic heterocycles. The van der Waals surface area contributed by atoms with Gasteiger partial charge in [-0.15, -0.1) is 0 Å². The second-order valence-electron chi connectivity index (χ2n) is 9.84. The zero-order valence-electron chi connectivity index (χ0n) is 20.0. The number of hydrogen-bond acceptors (Lipinski definition) is 2. The van der Waals surface area contributed by atoms with E-state index in [9.17, 15) is 5.11 Å². The van der Waals surface area contributed by atoms with E-state index in [-0.39, 0.29) is 16.7 Å². The van der Waals surface area contributed by atoms with Crippen molar-refractivity contribution in [3.05, 3.63) is 82.9 Å². The normalized spacial score (nSPS) is 18.2. The third-order valence-corrected chi connectivity index (χ3v) is 7.36. The Bertz CT molecular complexity index is 1120. The lowest BCUT2D eigenvalue weighted by atomic mass is 9.66. The summed E-state index contributed by atoms with van der Waals surface area (Å²) in [4.78, 5) is 2.95. The van der Waals surface area contributed by atoms with E-state index in [0.717, 1.165) is 36.3 Å². The van der Waals surface area contributed by atoms with Gasteiger partial charge in [-0.25, -0.2) is 0 Å². The molecule has 168 valence electrons. The SMILES string of the molecule is CCC(C)(CC)c1cc(COc2ccc(-c3ccc(O)[nH]3)cc2)cc(C2(C)C=C(C)C2)c1. The molecule has 1 unspecified atom stereocenters. The lowest BCUT2D eigenvalue weighted by Crippen LogP contribution is -2.29. The van der Waals surface area contributed by atoms with E-state index in [0.29, 0.717) is 6.61 Å². The van der Waals surface area contributed by atoms with Crippen molar-refractivity contribution < 1.29 is 9.84 Å². The predicted molar refractivity (Wildman–Crippen MR) is 132 cm³/mol. The van der Waals surface area contributed by atoms with Crippen molar-refractivity contribution in [1.29, 1.82) is 0 Å². The minimum atomic E-state index is 0.125. The summed E-state index contributed by atoms with van der Waals surface area (Å²) < 4.78 is 6.19. The number of aromatic nitrogens is 1. The van der Waals surface area contributed by atoms with Crippen molar-refractivity contribution in [2.45, 2.75) is 71.3 Å². The molecule has 2 N–H and O–H groups in total. The fourth-order valence-corrected chi connectivity index (χ4v) is 4.84. The van der Waals surface area contributed by atoms with Crippen molar-refractivity contribution in [2.75, 3.05) is 0 Å². The number of allylic oxidation sites excluding steroid dienone is 2. The van der Waals surface area contributed by atoms with Gasteiger partial charge in [0, 0.05) is 17.2 Å². The van der Waals surface area contributed by atoms with Crippen LogP contribution in [-0.4, -0.2) is 10.1 Å². The zero-order chi connectivity index (χ0) is 22.9. The maximum atomic E-state index is 9.53. The summed E-state index contributed by atoms with van der Waals surface area (Å²) in [6.07, 6.45) is 5.77. The smallest absolute Gasteiger partial charge is 0.188 e. The van der Waals surface area contributed by atoms with Crippen molar-refractivity contribution in [3.63, 3.8) is 0 Å². The van der Waals surface area contributed by atoms with Crippen LogP contribution >= 0.6 is 0 Å². The third kappa shape index (κ3) is 4.34. The van der Waals surface area contributed by atoms with Gasteiger partial charge in [-0.2, -0.15) is 0 Å². The van der Waals surface area contributed by atoms with Crippen LogP contribution < -0.4 is 4.74 Å². The van der Waals surface area contributed by atoms with E-state index in [1.165, 1.54) is 22.3 Å². The highest BCUT2D eigenvalue weighted by molar-refractivity contribution is 5.61. The van der Waals surface area contributed by atoms with Crippen LogP contribution in [0.2, 0.25) is 0 Å². The van der Waals surface area contributed by atoms with Crippen molar-refractivity contribution in [1.82, 2.24) is 4.98 Å². The molecule has 2 aromatic carbocycles. The van der Waals surface area contributed by atoms with Crippen LogP contribution in [0.3, 0.4) is 0 Å². The van der Waals surface area contributed by atoms with Gasteiger partial charge in [0.25, 0.3) is 0 Å². The average molecular weight is 430 g/mol. The Labute approximate surface area is 192 Å². The molecule has 1 heterocycles. The van der Waals surface area contributed by atoms with Crippen molar-refractivity contribution in [3.8, 4) is 22.9 Å². The van der Waals surface area contributed by atoms with E-state index >= 15 is 0 Å². The van der Waals surface area contributed by atoms with Crippen molar-refractivity contribution >= 4 is 0 Å². The highest BCUT2D eigenvalue weighted by Gasteiger charge is 2.33. The number of ether oxygens (including phenoxy) is 1. The van der Waals surface area contributed by atoms with Gasteiger partial charge in [0.05, 0.1) is 0 Å². The molecule has 0 radical (unpaired) electrons. The number of H-pyrrole nitrogens is 1. The van der Waals surface area contributed by atoms with Crippen LogP contribution in [0.15, 0.2) is 66.2 Å². The summed E-state index contributed by atoms with van der Waals surface area (Å²) in [6, 6.07) is 18.6. The molecular formula is C29H35NO2. The van der Waals surface area contributed by atoms with Gasteiger partial charge >= 0.3 is 0 Å². The first-order valence-electron chi connectivity index (χ1n) is 11.7. The molecule has 4 rings (SSSR count). The first kappa shape index (κ1) is 22.3. The molecule has 0 bridgehead atoms. The summed E-state index contributed by atoms with van der Waals surface area (Å²) in [6.45, 7) is 12.1. The fourth-order valence-electron chi connectivity index (χ4n) is 4.84. The van der Waals surface area contributed by atoms with Crippen LogP contribution in [0, 0.1) is 0 Å². The fraction of sp³-hybridized carbons (Fsp3) is 0.379. The lowest BCUT2D eigenvalue weighted by Gasteiger charge is -2.38. The van der Waals surface area contributed by atoms with Crippen LogP contribution in [0.5, 0.6) is 11.6 Å². The van der Waals surface area contributed by atoms with Crippen LogP contribution in [0.1, 0.15) is 70.6 Å². The Morgan fingerprint density at radius 2 is 1.72 bits per heavy atom. The van der Waals surface area contributed by atoms with Gasteiger partial charge in [0.2, 0.25) is 0 Å². The summed E-state index contributed by atoms with van der Waals surface area (Å²) in [5, 5.41) is 9.53. The standard InChI is InChI=1S/C29H35NO2/c1-6-28(4,7-2)23-14-21(15-24(16-23)29(5)17-20(3)18-29)19-32-25-10-8-22(9-11-25)26-12-13-27(31)30-26/h8-17,30-31H,6-7,18-19H2,1-5H3. The summed E-state index contributed by atoms with van der Waals surface area (Å²) >= 11 is 0. The molecule has 0 saturated heterocycles. The maximum Gasteiger partial charge on any atom is 0.188 e. The van der Waals surface area contributed by atoms with E-state index < -0.39 is 0 Å². The highest BCUT2D eigenvalue weighted by Crippen LogP contribution is 2.43. The minimum Gasteiger partial charge on any atom is -0.495 e. The Morgan fingerprint density at radius 1 is 1.03 bits per heavy atom. The number of aromatic amines is 1. The van der Waals surface area contributed by atoms with E-state index in [1.807, 2.05) is 30.3 Å². The maximum absolute atomic E-state index is 9.53. The van der Waals surface area contributed by atoms with Crippen LogP contribution in [0.4, 0.5) is 0 Å². The van der Waals surface area contributed by atoms with Crippen molar-refractivity contribution in [2.24, 2.45) is 0 Å². The second-order valence-corrected chi connectivity index (χ2v) is 9.84. The number of aromatic hydroxyl groups is 1. The Kier molecular flexibility index (Phi) is 5.94. The molecule has 1 atom stereocenters. The molecule has 32 heavy (non-hydrogen) atoms.